The monoisotopic (exact) mass is 502 g/mol. The number of nitrogens with one attached hydrogen (secondary N) is 1. The maximum atomic E-state index is 12.9. The maximum absolute atomic E-state index is 12.9. The fourth-order valence-electron chi connectivity index (χ4n) is 4.45. The van der Waals surface area contributed by atoms with Crippen LogP contribution in [0.5, 0.6) is 23.0 Å². The van der Waals surface area contributed by atoms with Crippen LogP contribution in [0.15, 0.2) is 60.7 Å². The Morgan fingerprint density at radius 2 is 1.73 bits per heavy atom. The number of hydrogen-bond donors (Lipinski definition) is 1. The molecule has 1 N–H and O–H groups in total. The van der Waals surface area contributed by atoms with Gasteiger partial charge in [0.25, 0.3) is 17.7 Å². The summed E-state index contributed by atoms with van der Waals surface area (Å²) in [5.74, 6) is 0.788. The lowest BCUT2D eigenvalue weighted by molar-refractivity contribution is 0.0475. The number of methoxy groups -OCH3 is 2. The third-order valence-electron chi connectivity index (χ3n) is 6.33. The highest BCUT2D eigenvalue weighted by molar-refractivity contribution is 6.21. The van der Waals surface area contributed by atoms with Crippen molar-refractivity contribution >= 4 is 23.4 Å². The largest absolute Gasteiger partial charge is 0.497 e. The smallest absolute Gasteiger partial charge is 0.261 e. The van der Waals surface area contributed by atoms with Gasteiger partial charge in [0.05, 0.1) is 43.6 Å². The summed E-state index contributed by atoms with van der Waals surface area (Å²) in [5.41, 5.74) is 1.51. The van der Waals surface area contributed by atoms with E-state index < -0.39 is 0 Å². The first-order valence-electron chi connectivity index (χ1n) is 11.9. The second-order valence-corrected chi connectivity index (χ2v) is 8.71. The molecule has 0 spiro atoms. The number of anilines is 1. The summed E-state index contributed by atoms with van der Waals surface area (Å²) in [7, 11) is 3.02. The molecule has 3 aromatic rings. The summed E-state index contributed by atoms with van der Waals surface area (Å²) < 4.78 is 22.1. The number of amides is 3. The molecule has 5 rings (SSSR count). The summed E-state index contributed by atoms with van der Waals surface area (Å²) in [6, 6.07) is 16.6. The average Bonchev–Trinajstić information content (AvgIpc) is 3.51. The Morgan fingerprint density at radius 3 is 2.49 bits per heavy atom. The second-order valence-electron chi connectivity index (χ2n) is 8.71. The Kier molecular flexibility index (Phi) is 6.78. The molecule has 190 valence electrons. The van der Waals surface area contributed by atoms with Crippen LogP contribution in [0.3, 0.4) is 0 Å². The number of nitrogens with zero attached hydrogens (tertiary/aromatic N) is 1. The van der Waals surface area contributed by atoms with E-state index in [1.54, 1.807) is 60.7 Å². The van der Waals surface area contributed by atoms with E-state index in [1.165, 1.54) is 19.1 Å². The molecule has 0 saturated carbocycles. The van der Waals surface area contributed by atoms with E-state index in [-0.39, 0.29) is 30.4 Å². The highest BCUT2D eigenvalue weighted by atomic mass is 16.5. The molecule has 0 radical (unpaired) electrons. The number of benzene rings is 3. The van der Waals surface area contributed by atoms with E-state index in [9.17, 15) is 14.4 Å². The fourth-order valence-corrected chi connectivity index (χ4v) is 4.45. The Morgan fingerprint density at radius 1 is 0.946 bits per heavy atom. The van der Waals surface area contributed by atoms with Crippen molar-refractivity contribution in [3.05, 3.63) is 77.4 Å². The van der Waals surface area contributed by atoms with Crippen molar-refractivity contribution in [1.29, 1.82) is 0 Å². The predicted octanol–water partition coefficient (Wildman–Crippen LogP) is 4.52. The Balaban J connectivity index is 1.29. The van der Waals surface area contributed by atoms with E-state index in [0.29, 0.717) is 52.0 Å². The summed E-state index contributed by atoms with van der Waals surface area (Å²) in [6.45, 7) is 0.905. The van der Waals surface area contributed by atoms with Crippen LogP contribution < -0.4 is 19.5 Å². The molecule has 0 aliphatic carbocycles. The first-order valence-corrected chi connectivity index (χ1v) is 11.9. The number of hydrogen-bond acceptors (Lipinski definition) is 7. The first kappa shape index (κ1) is 24.3. The maximum Gasteiger partial charge on any atom is 0.261 e. The van der Waals surface area contributed by atoms with Crippen LogP contribution in [0, 0.1) is 0 Å². The van der Waals surface area contributed by atoms with Gasteiger partial charge in [0.15, 0.2) is 0 Å². The van der Waals surface area contributed by atoms with Gasteiger partial charge in [-0.1, -0.05) is 6.07 Å². The van der Waals surface area contributed by atoms with Gasteiger partial charge < -0.3 is 24.3 Å². The number of carbonyl (C=O) groups is 3. The average molecular weight is 503 g/mol. The van der Waals surface area contributed by atoms with Crippen molar-refractivity contribution in [2.24, 2.45) is 0 Å². The molecule has 1 saturated heterocycles. The van der Waals surface area contributed by atoms with Gasteiger partial charge in [-0.3, -0.25) is 19.3 Å². The number of imide groups is 1. The summed E-state index contributed by atoms with van der Waals surface area (Å²) in [5, 5.41) is 2.83. The number of carbonyl (C=O) groups excluding carboxylic acids is 3. The highest BCUT2D eigenvalue weighted by Crippen LogP contribution is 2.32. The molecule has 2 heterocycles. The molecular formula is C28H26N2O7. The van der Waals surface area contributed by atoms with Crippen LogP contribution in [-0.2, 0) is 4.74 Å². The standard InChI is InChI=1S/C28H26N2O7/c1-34-18-8-11-23(25(15-18)35-2)26(31)29-17-5-3-6-19(13-17)37-20-9-10-22-24(14-20)28(33)30(27(22)32)16-21-7-4-12-36-21/h3,5-6,8-11,13-15,21H,4,7,12,16H2,1-2H3,(H,29,31). The van der Waals surface area contributed by atoms with Crippen LogP contribution in [0.1, 0.15) is 43.9 Å². The molecule has 37 heavy (non-hydrogen) atoms. The topological polar surface area (TPSA) is 103 Å². The number of ether oxygens (including phenoxy) is 4. The first-order chi connectivity index (χ1) is 18.0. The lowest BCUT2D eigenvalue weighted by atomic mass is 10.1. The molecular weight excluding hydrogens is 476 g/mol. The van der Waals surface area contributed by atoms with Gasteiger partial charge in [-0.15, -0.1) is 0 Å². The quantitative estimate of drug-likeness (QED) is 0.452. The predicted molar refractivity (Wildman–Crippen MR) is 135 cm³/mol. The van der Waals surface area contributed by atoms with Crippen LogP contribution in [0.4, 0.5) is 5.69 Å². The Hall–Kier alpha value is -4.37. The normalized spacial score (nSPS) is 16.5. The summed E-state index contributed by atoms with van der Waals surface area (Å²) in [6.07, 6.45) is 1.65. The number of rotatable bonds is 8. The second kappa shape index (κ2) is 10.3. The molecule has 0 bridgehead atoms. The molecule has 9 heteroatoms. The Labute approximate surface area is 213 Å². The molecule has 1 fully saturated rings. The molecule has 2 aliphatic rings. The van der Waals surface area contributed by atoms with Crippen molar-refractivity contribution in [2.45, 2.75) is 18.9 Å². The van der Waals surface area contributed by atoms with Crippen molar-refractivity contribution in [3.63, 3.8) is 0 Å². The van der Waals surface area contributed by atoms with E-state index in [0.717, 1.165) is 12.8 Å². The summed E-state index contributed by atoms with van der Waals surface area (Å²) >= 11 is 0. The third-order valence-corrected chi connectivity index (χ3v) is 6.33. The van der Waals surface area contributed by atoms with Crippen LogP contribution >= 0.6 is 0 Å². The van der Waals surface area contributed by atoms with Gasteiger partial charge in [-0.05, 0) is 55.3 Å². The van der Waals surface area contributed by atoms with Gasteiger partial charge in [-0.25, -0.2) is 0 Å². The molecule has 2 aliphatic heterocycles. The minimum atomic E-state index is -0.357. The molecule has 1 unspecified atom stereocenters. The van der Waals surface area contributed by atoms with Gasteiger partial charge in [0.1, 0.15) is 23.0 Å². The van der Waals surface area contributed by atoms with E-state index in [2.05, 4.69) is 5.32 Å². The lowest BCUT2D eigenvalue weighted by Gasteiger charge is -2.17. The Bertz CT molecular complexity index is 1360. The SMILES string of the molecule is COc1ccc(C(=O)Nc2cccc(Oc3ccc4c(c3)C(=O)N(CC3CCCO3)C4=O)c2)c(OC)c1. The number of fused-ring (bicyclic) bond motifs is 1. The molecule has 3 aromatic carbocycles. The molecule has 0 aromatic heterocycles. The molecule has 9 nitrogen and oxygen atoms in total. The van der Waals surface area contributed by atoms with Gasteiger partial charge in [0, 0.05) is 24.4 Å². The highest BCUT2D eigenvalue weighted by Gasteiger charge is 2.37. The zero-order valence-corrected chi connectivity index (χ0v) is 20.5. The van der Waals surface area contributed by atoms with Crippen LogP contribution in [-0.4, -0.2) is 56.1 Å². The third kappa shape index (κ3) is 4.99. The van der Waals surface area contributed by atoms with Crippen molar-refractivity contribution in [1.82, 2.24) is 4.90 Å². The minimum Gasteiger partial charge on any atom is -0.497 e. The van der Waals surface area contributed by atoms with Crippen molar-refractivity contribution < 1.29 is 33.3 Å². The zero-order chi connectivity index (χ0) is 25.9. The van der Waals surface area contributed by atoms with E-state index in [1.807, 2.05) is 0 Å². The lowest BCUT2D eigenvalue weighted by Crippen LogP contribution is -2.36. The van der Waals surface area contributed by atoms with Gasteiger partial charge in [-0.2, -0.15) is 0 Å². The zero-order valence-electron chi connectivity index (χ0n) is 20.5. The van der Waals surface area contributed by atoms with Crippen LogP contribution in [0.2, 0.25) is 0 Å². The van der Waals surface area contributed by atoms with Crippen molar-refractivity contribution in [2.75, 3.05) is 32.7 Å². The van der Waals surface area contributed by atoms with Crippen LogP contribution in [0.25, 0.3) is 0 Å². The fraction of sp³-hybridized carbons (Fsp3) is 0.250. The molecule has 1 atom stereocenters. The minimum absolute atomic E-state index is 0.117. The van der Waals surface area contributed by atoms with Gasteiger partial charge >= 0.3 is 0 Å². The van der Waals surface area contributed by atoms with E-state index >= 15 is 0 Å². The van der Waals surface area contributed by atoms with Gasteiger partial charge in [0.2, 0.25) is 0 Å². The van der Waals surface area contributed by atoms with Crippen molar-refractivity contribution in [3.8, 4) is 23.0 Å². The molecule has 3 amide bonds. The summed E-state index contributed by atoms with van der Waals surface area (Å²) in [4.78, 5) is 39.8. The van der Waals surface area contributed by atoms with E-state index in [4.69, 9.17) is 18.9 Å².